The number of carbonyl (C=O) groups is 2. The Hall–Kier alpha value is -3.56. The minimum atomic E-state index is -0.797. The van der Waals surface area contributed by atoms with Crippen LogP contribution in [0.15, 0.2) is 71.8 Å². The molecule has 0 fully saturated rings. The fourth-order valence-electron chi connectivity index (χ4n) is 3.36. The summed E-state index contributed by atoms with van der Waals surface area (Å²) in [7, 11) is 0. The molecule has 0 aliphatic carbocycles. The molecule has 0 aliphatic rings. The molecule has 0 atom stereocenters. The van der Waals surface area contributed by atoms with Crippen molar-refractivity contribution in [1.29, 1.82) is 0 Å². The van der Waals surface area contributed by atoms with E-state index in [9.17, 15) is 9.59 Å². The Morgan fingerprint density at radius 3 is 2.35 bits per heavy atom. The summed E-state index contributed by atoms with van der Waals surface area (Å²) in [6, 6.07) is 19.0. The van der Waals surface area contributed by atoms with Gasteiger partial charge in [-0.1, -0.05) is 37.1 Å². The molecule has 1 aromatic heterocycles. The van der Waals surface area contributed by atoms with Gasteiger partial charge in [-0.15, -0.1) is 17.7 Å². The number of benzene rings is 2. The van der Waals surface area contributed by atoms with Crippen LogP contribution in [-0.2, 0) is 21.4 Å². The highest BCUT2D eigenvalue weighted by Gasteiger charge is 2.30. The van der Waals surface area contributed by atoms with Gasteiger partial charge in [-0.25, -0.2) is 4.98 Å². The number of hydrogen-bond acceptors (Lipinski definition) is 4. The fourth-order valence-corrected chi connectivity index (χ4v) is 4.02. The van der Waals surface area contributed by atoms with E-state index in [1.165, 1.54) is 4.90 Å². The van der Waals surface area contributed by atoms with E-state index in [0.717, 1.165) is 22.4 Å². The molecular weight excluding hydrogens is 442 g/mol. The van der Waals surface area contributed by atoms with Crippen molar-refractivity contribution in [3.05, 3.63) is 83.6 Å². The molecule has 5 nitrogen and oxygen atoms in total. The predicted molar refractivity (Wildman–Crippen MR) is 140 cm³/mol. The van der Waals surface area contributed by atoms with Crippen molar-refractivity contribution in [2.75, 3.05) is 16.4 Å². The first-order valence-corrected chi connectivity index (χ1v) is 12.1. The van der Waals surface area contributed by atoms with Gasteiger partial charge in [-0.2, -0.15) is 0 Å². The number of carbonyl (C=O) groups excluding carboxylic acids is 2. The topological polar surface area (TPSA) is 71.1 Å². The first-order chi connectivity index (χ1) is 16.3. The normalized spacial score (nSPS) is 10.7. The molecular formula is C28H29N3O2S. The van der Waals surface area contributed by atoms with Crippen LogP contribution in [-0.4, -0.2) is 22.6 Å². The zero-order chi connectivity index (χ0) is 24.6. The second kappa shape index (κ2) is 11.5. The van der Waals surface area contributed by atoms with Gasteiger partial charge < -0.3 is 10.6 Å². The first-order valence-electron chi connectivity index (χ1n) is 11.1. The van der Waals surface area contributed by atoms with Crippen LogP contribution in [0.1, 0.15) is 44.4 Å². The van der Waals surface area contributed by atoms with Crippen molar-refractivity contribution in [2.45, 2.75) is 44.4 Å². The predicted octanol–water partition coefficient (Wildman–Crippen LogP) is 5.66. The molecule has 174 valence electrons. The molecule has 0 spiro atoms. The molecule has 1 heterocycles. The number of hydrogen-bond donors (Lipinski definition) is 2. The lowest BCUT2D eigenvalue weighted by atomic mass is 9.83. The van der Waals surface area contributed by atoms with Crippen LogP contribution in [0.4, 0.5) is 11.5 Å². The molecule has 3 rings (SSSR count). The highest BCUT2D eigenvalue weighted by Crippen LogP contribution is 2.26. The van der Waals surface area contributed by atoms with Crippen LogP contribution in [0.25, 0.3) is 0 Å². The molecule has 2 N–H and O–H groups in total. The number of pyridine rings is 1. The summed E-state index contributed by atoms with van der Waals surface area (Å²) in [5, 5.41) is 5.80. The van der Waals surface area contributed by atoms with Gasteiger partial charge in [0.25, 0.3) is 0 Å². The van der Waals surface area contributed by atoms with E-state index in [1.54, 1.807) is 37.0 Å². The zero-order valence-corrected chi connectivity index (χ0v) is 20.8. The Bertz CT molecular complexity index is 1210. The largest absolute Gasteiger partial charge is 0.326 e. The van der Waals surface area contributed by atoms with Gasteiger partial charge in [-0.05, 0) is 74.0 Å². The number of nitrogens with zero attached hydrogens (tertiary/aromatic N) is 1. The molecule has 6 heteroatoms. The lowest BCUT2D eigenvalue weighted by Crippen LogP contribution is -2.35. The quantitative estimate of drug-likeness (QED) is 0.328. The van der Waals surface area contributed by atoms with Gasteiger partial charge in [0.1, 0.15) is 5.82 Å². The van der Waals surface area contributed by atoms with Crippen LogP contribution in [0.3, 0.4) is 0 Å². The average Bonchev–Trinajstić information content (AvgIpc) is 2.81. The Morgan fingerprint density at radius 2 is 1.71 bits per heavy atom. The van der Waals surface area contributed by atoms with Gasteiger partial charge in [0.2, 0.25) is 11.8 Å². The van der Waals surface area contributed by atoms with Crippen molar-refractivity contribution < 1.29 is 9.59 Å². The van der Waals surface area contributed by atoms with Gasteiger partial charge in [0.05, 0.1) is 11.8 Å². The second-order valence-corrected chi connectivity index (χ2v) is 9.60. The number of thioether (sulfide) groups is 1. The molecule has 0 saturated carbocycles. The first kappa shape index (κ1) is 25.1. The molecule has 0 bridgehead atoms. The van der Waals surface area contributed by atoms with Gasteiger partial charge >= 0.3 is 0 Å². The molecule has 0 saturated heterocycles. The summed E-state index contributed by atoms with van der Waals surface area (Å²) in [6.45, 7) is 7.58. The monoisotopic (exact) mass is 471 g/mol. The number of aromatic nitrogens is 1. The molecule has 2 amide bonds. The van der Waals surface area contributed by atoms with Crippen molar-refractivity contribution in [3.63, 3.8) is 0 Å². The Morgan fingerprint density at radius 1 is 1.00 bits per heavy atom. The van der Waals surface area contributed by atoms with Gasteiger partial charge in [0.15, 0.2) is 0 Å². The minimum absolute atomic E-state index is 0.0817. The second-order valence-electron chi connectivity index (χ2n) is 8.26. The van der Waals surface area contributed by atoms with E-state index in [2.05, 4.69) is 34.4 Å². The number of rotatable bonds is 8. The van der Waals surface area contributed by atoms with E-state index in [1.807, 2.05) is 62.4 Å². The van der Waals surface area contributed by atoms with Crippen LogP contribution < -0.4 is 10.6 Å². The van der Waals surface area contributed by atoms with E-state index < -0.39 is 5.41 Å². The maximum absolute atomic E-state index is 13.0. The zero-order valence-electron chi connectivity index (χ0n) is 19.9. The maximum atomic E-state index is 13.0. The van der Waals surface area contributed by atoms with E-state index >= 15 is 0 Å². The SMILES string of the molecule is CC#Cc1ccnc(NC(=O)C(C)(C)c2ccc(NC(=O)Cc3ccc(SCC)cc3)cc2)c1. The Kier molecular flexibility index (Phi) is 8.50. The third kappa shape index (κ3) is 6.72. The lowest BCUT2D eigenvalue weighted by molar-refractivity contribution is -0.120. The van der Waals surface area contributed by atoms with Crippen LogP contribution in [0.2, 0.25) is 0 Å². The van der Waals surface area contributed by atoms with Gasteiger partial charge in [-0.3, -0.25) is 9.59 Å². The van der Waals surface area contributed by atoms with Gasteiger partial charge in [0, 0.05) is 22.3 Å². The van der Waals surface area contributed by atoms with Crippen LogP contribution in [0.5, 0.6) is 0 Å². The Balaban J connectivity index is 1.61. The third-order valence-corrected chi connectivity index (χ3v) is 6.22. The molecule has 0 radical (unpaired) electrons. The summed E-state index contributed by atoms with van der Waals surface area (Å²) in [6.07, 6.45) is 1.93. The molecule has 2 aromatic carbocycles. The minimum Gasteiger partial charge on any atom is -0.326 e. The summed E-state index contributed by atoms with van der Waals surface area (Å²) >= 11 is 1.78. The highest BCUT2D eigenvalue weighted by molar-refractivity contribution is 7.99. The summed E-state index contributed by atoms with van der Waals surface area (Å²) in [5.41, 5.74) is 2.48. The molecule has 0 unspecified atom stereocenters. The number of amides is 2. The fraction of sp³-hybridized carbons (Fsp3) is 0.250. The molecule has 34 heavy (non-hydrogen) atoms. The number of anilines is 2. The van der Waals surface area contributed by atoms with E-state index in [0.29, 0.717) is 17.9 Å². The smallest absolute Gasteiger partial charge is 0.235 e. The van der Waals surface area contributed by atoms with Crippen LogP contribution >= 0.6 is 11.8 Å². The average molecular weight is 472 g/mol. The summed E-state index contributed by atoms with van der Waals surface area (Å²) < 4.78 is 0. The Labute approximate surface area is 205 Å². The van der Waals surface area contributed by atoms with E-state index in [-0.39, 0.29) is 11.8 Å². The van der Waals surface area contributed by atoms with Crippen molar-refractivity contribution in [3.8, 4) is 11.8 Å². The van der Waals surface area contributed by atoms with E-state index in [4.69, 9.17) is 0 Å². The van der Waals surface area contributed by atoms with Crippen LogP contribution in [0, 0.1) is 11.8 Å². The third-order valence-electron chi connectivity index (χ3n) is 5.33. The summed E-state index contributed by atoms with van der Waals surface area (Å²) in [4.78, 5) is 30.9. The maximum Gasteiger partial charge on any atom is 0.235 e. The highest BCUT2D eigenvalue weighted by atomic mass is 32.2. The van der Waals surface area contributed by atoms with Crippen molar-refractivity contribution in [1.82, 2.24) is 4.98 Å². The lowest BCUT2D eigenvalue weighted by Gasteiger charge is -2.24. The standard InChI is InChI=1S/C28H29N3O2S/c1-5-7-20-16-17-29-25(18-20)31-27(33)28(3,4)22-10-12-23(13-11-22)30-26(32)19-21-8-14-24(15-9-21)34-6-2/h8-18H,6,19H2,1-4H3,(H,30,32)(H,29,31,33). The summed E-state index contributed by atoms with van der Waals surface area (Å²) in [5.74, 6) is 7.02. The van der Waals surface area contributed by atoms with Crippen molar-refractivity contribution in [2.24, 2.45) is 0 Å². The van der Waals surface area contributed by atoms with Crippen molar-refractivity contribution >= 4 is 35.1 Å². The molecule has 3 aromatic rings. The number of nitrogens with one attached hydrogen (secondary N) is 2. The molecule has 0 aliphatic heterocycles.